The van der Waals surface area contributed by atoms with E-state index in [9.17, 15) is 4.79 Å². The molecule has 1 saturated carbocycles. The van der Waals surface area contributed by atoms with Crippen LogP contribution >= 0.6 is 0 Å². The van der Waals surface area contributed by atoms with Gasteiger partial charge >= 0.3 is 0 Å². The van der Waals surface area contributed by atoms with Crippen LogP contribution in [0, 0.1) is 5.92 Å². The van der Waals surface area contributed by atoms with Gasteiger partial charge in [-0.1, -0.05) is 12.8 Å². The molecule has 1 heterocycles. The first-order chi connectivity index (χ1) is 9.83. The van der Waals surface area contributed by atoms with Gasteiger partial charge in [0.15, 0.2) is 0 Å². The van der Waals surface area contributed by atoms with E-state index in [-0.39, 0.29) is 5.91 Å². The number of hydrogen-bond donors (Lipinski definition) is 1. The van der Waals surface area contributed by atoms with Crippen molar-refractivity contribution in [2.24, 2.45) is 5.92 Å². The molecule has 1 amide bonds. The van der Waals surface area contributed by atoms with Crippen LogP contribution in [0.15, 0.2) is 6.20 Å². The third-order valence-electron chi connectivity index (χ3n) is 4.74. The minimum absolute atomic E-state index is 0.220. The van der Waals surface area contributed by atoms with Crippen LogP contribution in [-0.4, -0.2) is 22.2 Å². The predicted octanol–water partition coefficient (Wildman–Crippen LogP) is 2.46. The van der Waals surface area contributed by atoms with Gasteiger partial charge in [0.2, 0.25) is 5.91 Å². The van der Waals surface area contributed by atoms with Gasteiger partial charge in [-0.25, -0.2) is 0 Å². The van der Waals surface area contributed by atoms with Gasteiger partial charge in [-0.3, -0.25) is 9.48 Å². The summed E-state index contributed by atoms with van der Waals surface area (Å²) in [6, 6.07) is 0. The Labute approximate surface area is 120 Å². The molecule has 1 aromatic rings. The molecule has 0 unspecified atom stereocenters. The number of hydrogen-bond acceptors (Lipinski definition) is 2. The molecule has 0 aliphatic heterocycles. The Morgan fingerprint density at radius 1 is 1.25 bits per heavy atom. The topological polar surface area (TPSA) is 46.9 Å². The van der Waals surface area contributed by atoms with Crippen molar-refractivity contribution in [3.63, 3.8) is 0 Å². The van der Waals surface area contributed by atoms with E-state index in [1.165, 1.54) is 56.2 Å². The Hall–Kier alpha value is -1.32. The van der Waals surface area contributed by atoms with Gasteiger partial charge in [0.05, 0.1) is 12.7 Å². The maximum absolute atomic E-state index is 11.9. The molecule has 4 nitrogen and oxygen atoms in total. The van der Waals surface area contributed by atoms with E-state index in [0.717, 1.165) is 19.4 Å². The van der Waals surface area contributed by atoms with Crippen LogP contribution in [0.1, 0.15) is 56.2 Å². The van der Waals surface area contributed by atoms with Crippen molar-refractivity contribution >= 4 is 5.91 Å². The fourth-order valence-corrected chi connectivity index (χ4v) is 3.60. The second-order valence-corrected chi connectivity index (χ2v) is 6.25. The molecule has 20 heavy (non-hydrogen) atoms. The van der Waals surface area contributed by atoms with Gasteiger partial charge in [-0.05, 0) is 50.0 Å². The number of nitrogens with zero attached hydrogens (tertiary/aromatic N) is 2. The fraction of sp³-hybridized carbons (Fsp3) is 0.750. The standard InChI is InChI=1S/C16H25N3O/c20-16(11-13-5-1-2-6-13)17-9-10-19-15-8-4-3-7-14(15)12-18-19/h12-13H,1-11H2,(H,17,20). The molecule has 2 aliphatic rings. The molecule has 1 aromatic heterocycles. The zero-order valence-electron chi connectivity index (χ0n) is 12.2. The van der Waals surface area contributed by atoms with Gasteiger partial charge < -0.3 is 5.32 Å². The SMILES string of the molecule is O=C(CC1CCCC1)NCCn1ncc2c1CCCC2. The molecule has 110 valence electrons. The molecule has 0 radical (unpaired) electrons. The van der Waals surface area contributed by atoms with E-state index >= 15 is 0 Å². The number of aromatic nitrogens is 2. The summed E-state index contributed by atoms with van der Waals surface area (Å²) in [5, 5.41) is 7.52. The van der Waals surface area contributed by atoms with E-state index in [1.54, 1.807) is 0 Å². The first-order valence-electron chi connectivity index (χ1n) is 8.13. The molecule has 0 saturated heterocycles. The number of carbonyl (C=O) groups is 1. The minimum Gasteiger partial charge on any atom is -0.354 e. The molecule has 2 aliphatic carbocycles. The molecule has 4 heteroatoms. The summed E-state index contributed by atoms with van der Waals surface area (Å²) in [6.07, 6.45) is 12.7. The molecule has 1 N–H and O–H groups in total. The van der Waals surface area contributed by atoms with Gasteiger partial charge in [0.1, 0.15) is 0 Å². The maximum Gasteiger partial charge on any atom is 0.220 e. The highest BCUT2D eigenvalue weighted by molar-refractivity contribution is 5.76. The van der Waals surface area contributed by atoms with Crippen LogP contribution in [0.5, 0.6) is 0 Å². The lowest BCUT2D eigenvalue weighted by Crippen LogP contribution is -2.29. The number of fused-ring (bicyclic) bond motifs is 1. The van der Waals surface area contributed by atoms with Crippen molar-refractivity contribution < 1.29 is 4.79 Å². The number of aryl methyl sites for hydroxylation is 1. The first-order valence-corrected chi connectivity index (χ1v) is 8.13. The van der Waals surface area contributed by atoms with E-state index in [4.69, 9.17) is 0 Å². The summed E-state index contributed by atoms with van der Waals surface area (Å²) in [6.45, 7) is 1.52. The Balaban J connectivity index is 1.43. The van der Waals surface area contributed by atoms with E-state index < -0.39 is 0 Å². The van der Waals surface area contributed by atoms with Crippen molar-refractivity contribution in [1.82, 2.24) is 15.1 Å². The lowest BCUT2D eigenvalue weighted by Gasteiger charge is -2.14. The van der Waals surface area contributed by atoms with Gasteiger partial charge in [-0.2, -0.15) is 5.10 Å². The molecule has 1 fully saturated rings. The summed E-state index contributed by atoms with van der Waals surface area (Å²) in [5.41, 5.74) is 2.80. The monoisotopic (exact) mass is 275 g/mol. The third-order valence-corrected chi connectivity index (χ3v) is 4.74. The van der Waals surface area contributed by atoms with E-state index in [1.807, 2.05) is 6.20 Å². The smallest absolute Gasteiger partial charge is 0.220 e. The second-order valence-electron chi connectivity index (χ2n) is 6.25. The summed E-state index contributed by atoms with van der Waals surface area (Å²) >= 11 is 0. The van der Waals surface area contributed by atoms with E-state index in [2.05, 4.69) is 15.1 Å². The molecular formula is C16H25N3O. The van der Waals surface area contributed by atoms with Gasteiger partial charge in [0, 0.05) is 18.7 Å². The van der Waals surface area contributed by atoms with Crippen LogP contribution in [0.25, 0.3) is 0 Å². The highest BCUT2D eigenvalue weighted by Gasteiger charge is 2.18. The van der Waals surface area contributed by atoms with Crippen molar-refractivity contribution in [3.05, 3.63) is 17.5 Å². The summed E-state index contributed by atoms with van der Waals surface area (Å²) < 4.78 is 2.09. The van der Waals surface area contributed by atoms with Crippen molar-refractivity contribution in [2.75, 3.05) is 6.54 Å². The molecule has 0 bridgehead atoms. The zero-order valence-corrected chi connectivity index (χ0v) is 12.2. The lowest BCUT2D eigenvalue weighted by molar-refractivity contribution is -0.122. The van der Waals surface area contributed by atoms with Crippen LogP contribution in [0.3, 0.4) is 0 Å². The Kier molecular flexibility index (Phi) is 4.38. The summed E-state index contributed by atoms with van der Waals surface area (Å²) in [4.78, 5) is 11.9. The number of amides is 1. The number of carbonyl (C=O) groups excluding carboxylic acids is 1. The summed E-state index contributed by atoms with van der Waals surface area (Å²) in [5.74, 6) is 0.852. The quantitative estimate of drug-likeness (QED) is 0.897. The van der Waals surface area contributed by atoms with Gasteiger partial charge in [-0.15, -0.1) is 0 Å². The Morgan fingerprint density at radius 2 is 2.05 bits per heavy atom. The van der Waals surface area contributed by atoms with Crippen LogP contribution in [0.2, 0.25) is 0 Å². The van der Waals surface area contributed by atoms with Crippen LogP contribution in [-0.2, 0) is 24.2 Å². The Morgan fingerprint density at radius 3 is 2.90 bits per heavy atom. The van der Waals surface area contributed by atoms with Crippen LogP contribution in [0.4, 0.5) is 0 Å². The molecule has 0 aromatic carbocycles. The lowest BCUT2D eigenvalue weighted by atomic mass is 9.98. The second kappa shape index (κ2) is 6.42. The maximum atomic E-state index is 11.9. The average molecular weight is 275 g/mol. The minimum atomic E-state index is 0.220. The Bertz CT molecular complexity index is 460. The van der Waals surface area contributed by atoms with Crippen molar-refractivity contribution in [3.8, 4) is 0 Å². The summed E-state index contributed by atoms with van der Waals surface area (Å²) in [7, 11) is 0. The highest BCUT2D eigenvalue weighted by Crippen LogP contribution is 2.27. The van der Waals surface area contributed by atoms with Crippen LogP contribution < -0.4 is 5.32 Å². The highest BCUT2D eigenvalue weighted by atomic mass is 16.1. The third kappa shape index (κ3) is 3.22. The molecular weight excluding hydrogens is 250 g/mol. The largest absolute Gasteiger partial charge is 0.354 e. The first kappa shape index (κ1) is 13.7. The molecule has 0 spiro atoms. The molecule has 3 rings (SSSR count). The van der Waals surface area contributed by atoms with E-state index in [0.29, 0.717) is 12.5 Å². The van der Waals surface area contributed by atoms with Crippen molar-refractivity contribution in [1.29, 1.82) is 0 Å². The average Bonchev–Trinajstić information content (AvgIpc) is 3.09. The fourth-order valence-electron chi connectivity index (χ4n) is 3.60. The molecule has 0 atom stereocenters. The zero-order chi connectivity index (χ0) is 13.8. The predicted molar refractivity (Wildman–Crippen MR) is 78.5 cm³/mol. The normalized spacial score (nSPS) is 19.0. The number of rotatable bonds is 5. The van der Waals surface area contributed by atoms with Gasteiger partial charge in [0.25, 0.3) is 0 Å². The number of nitrogens with one attached hydrogen (secondary N) is 1. The van der Waals surface area contributed by atoms with Crippen molar-refractivity contribution in [2.45, 2.75) is 64.3 Å².